The van der Waals surface area contributed by atoms with Crippen LogP contribution >= 0.6 is 0 Å². The Morgan fingerprint density at radius 2 is 2.14 bits per heavy atom. The summed E-state index contributed by atoms with van der Waals surface area (Å²) in [6, 6.07) is 7.56. The number of nitrogens with one attached hydrogen (secondary N) is 2. The number of rotatable bonds is 6. The lowest BCUT2D eigenvalue weighted by Crippen LogP contribution is -2.27. The Hall–Kier alpha value is -2.04. The number of anilines is 1. The molecule has 0 saturated heterocycles. The van der Waals surface area contributed by atoms with Crippen LogP contribution in [-0.4, -0.2) is 24.8 Å². The molecular formula is C17H25N3O2. The molecular weight excluding hydrogens is 278 g/mol. The molecule has 0 unspecified atom stereocenters. The molecule has 1 aliphatic rings. The summed E-state index contributed by atoms with van der Waals surface area (Å²) in [6.07, 6.45) is 4.41. The molecule has 1 aliphatic carbocycles. The van der Waals surface area contributed by atoms with E-state index in [-0.39, 0.29) is 12.5 Å². The molecule has 1 saturated carbocycles. The molecule has 0 spiro atoms. The summed E-state index contributed by atoms with van der Waals surface area (Å²) in [5, 5.41) is 7.31. The molecule has 1 atom stereocenters. The molecule has 5 heteroatoms. The van der Waals surface area contributed by atoms with Crippen LogP contribution in [0.5, 0.6) is 5.75 Å². The zero-order chi connectivity index (χ0) is 15.8. The van der Waals surface area contributed by atoms with Gasteiger partial charge in [0.2, 0.25) is 0 Å². The minimum Gasteiger partial charge on any atom is -0.494 e. The summed E-state index contributed by atoms with van der Waals surface area (Å²) in [5.74, 6) is 1.38. The highest BCUT2D eigenvalue weighted by atomic mass is 16.5. The molecule has 2 rings (SSSR count). The first kappa shape index (κ1) is 16.3. The number of carbonyl (C=O) groups excluding carboxylic acids is 1. The summed E-state index contributed by atoms with van der Waals surface area (Å²) >= 11 is 0. The molecule has 0 bridgehead atoms. The maximum absolute atomic E-state index is 11.8. The van der Waals surface area contributed by atoms with Crippen molar-refractivity contribution < 1.29 is 9.53 Å². The highest BCUT2D eigenvalue weighted by molar-refractivity contribution is 5.87. The fraction of sp³-hybridized carbons (Fsp3) is 0.529. The van der Waals surface area contributed by atoms with Gasteiger partial charge in [0.15, 0.2) is 0 Å². The lowest BCUT2D eigenvalue weighted by atomic mass is 9.89. The highest BCUT2D eigenvalue weighted by Crippen LogP contribution is 2.20. The van der Waals surface area contributed by atoms with Gasteiger partial charge in [-0.3, -0.25) is 4.79 Å². The first-order valence-corrected chi connectivity index (χ1v) is 7.98. The van der Waals surface area contributed by atoms with Crippen LogP contribution < -0.4 is 15.5 Å². The number of nitrogens with zero attached hydrogens (tertiary/aromatic N) is 1. The molecule has 0 aliphatic heterocycles. The average Bonchev–Trinajstić information content (AvgIpc) is 2.53. The molecule has 0 heterocycles. The predicted molar refractivity (Wildman–Crippen MR) is 89.3 cm³/mol. The van der Waals surface area contributed by atoms with Gasteiger partial charge in [0.05, 0.1) is 13.2 Å². The summed E-state index contributed by atoms with van der Waals surface area (Å²) in [7, 11) is 0. The van der Waals surface area contributed by atoms with Gasteiger partial charge in [-0.15, -0.1) is 0 Å². The van der Waals surface area contributed by atoms with E-state index in [0.717, 1.165) is 30.0 Å². The second-order valence-electron chi connectivity index (χ2n) is 5.73. The van der Waals surface area contributed by atoms with Gasteiger partial charge in [-0.25, -0.2) is 5.43 Å². The Kier molecular flexibility index (Phi) is 6.25. The topological polar surface area (TPSA) is 62.7 Å². The van der Waals surface area contributed by atoms with E-state index >= 15 is 0 Å². The van der Waals surface area contributed by atoms with Crippen molar-refractivity contribution in [2.24, 2.45) is 11.0 Å². The maximum Gasteiger partial charge on any atom is 0.259 e. The standard InChI is InChI=1S/C17H25N3O2/c1-3-22-16-9-7-14(8-10-16)18-12-17(21)20-19-15-6-4-5-13(2)11-15/h7-10,13,18H,3-6,11-12H2,1-2H3,(H,20,21)/b19-15-/t13-/m0/s1. The molecule has 120 valence electrons. The summed E-state index contributed by atoms with van der Waals surface area (Å²) < 4.78 is 5.38. The second kappa shape index (κ2) is 8.41. The van der Waals surface area contributed by atoms with Gasteiger partial charge in [-0.2, -0.15) is 5.10 Å². The van der Waals surface area contributed by atoms with Gasteiger partial charge in [0, 0.05) is 11.4 Å². The molecule has 1 aromatic rings. The molecule has 22 heavy (non-hydrogen) atoms. The predicted octanol–water partition coefficient (Wildman–Crippen LogP) is 3.18. The Morgan fingerprint density at radius 3 is 2.82 bits per heavy atom. The fourth-order valence-corrected chi connectivity index (χ4v) is 2.56. The average molecular weight is 303 g/mol. The summed E-state index contributed by atoms with van der Waals surface area (Å²) in [4.78, 5) is 11.8. The highest BCUT2D eigenvalue weighted by Gasteiger charge is 2.14. The van der Waals surface area contributed by atoms with Crippen molar-refractivity contribution in [1.29, 1.82) is 0 Å². The van der Waals surface area contributed by atoms with E-state index in [4.69, 9.17) is 4.74 Å². The van der Waals surface area contributed by atoms with Crippen LogP contribution in [-0.2, 0) is 4.79 Å². The second-order valence-corrected chi connectivity index (χ2v) is 5.73. The quantitative estimate of drug-likeness (QED) is 0.793. The summed E-state index contributed by atoms with van der Waals surface area (Å²) in [6.45, 7) is 5.03. The van der Waals surface area contributed by atoms with Crippen molar-refractivity contribution in [3.8, 4) is 5.75 Å². The molecule has 5 nitrogen and oxygen atoms in total. The minimum absolute atomic E-state index is 0.125. The first-order chi connectivity index (χ1) is 10.7. The van der Waals surface area contributed by atoms with E-state index in [1.54, 1.807) is 0 Å². The number of hydrogen-bond donors (Lipinski definition) is 2. The Balaban J connectivity index is 1.74. The third kappa shape index (κ3) is 5.39. The van der Waals surface area contributed by atoms with Crippen molar-refractivity contribution >= 4 is 17.3 Å². The molecule has 0 radical (unpaired) electrons. The monoisotopic (exact) mass is 303 g/mol. The third-order valence-corrected chi connectivity index (χ3v) is 3.70. The van der Waals surface area contributed by atoms with Crippen molar-refractivity contribution in [3.63, 3.8) is 0 Å². The Bertz CT molecular complexity index is 511. The third-order valence-electron chi connectivity index (χ3n) is 3.70. The van der Waals surface area contributed by atoms with Gasteiger partial charge in [-0.1, -0.05) is 6.92 Å². The molecule has 1 fully saturated rings. The number of carbonyl (C=O) groups is 1. The SMILES string of the molecule is CCOc1ccc(NCC(=O)N/N=C2/CCC[C@H](C)C2)cc1. The van der Waals surface area contributed by atoms with E-state index in [9.17, 15) is 4.79 Å². The fourth-order valence-electron chi connectivity index (χ4n) is 2.56. The van der Waals surface area contributed by atoms with Crippen LogP contribution in [0.4, 0.5) is 5.69 Å². The minimum atomic E-state index is -0.125. The van der Waals surface area contributed by atoms with E-state index < -0.39 is 0 Å². The van der Waals surface area contributed by atoms with Crippen LogP contribution in [0.3, 0.4) is 0 Å². The normalized spacial score (nSPS) is 19.7. The zero-order valence-corrected chi connectivity index (χ0v) is 13.4. The van der Waals surface area contributed by atoms with Crippen LogP contribution in [0.1, 0.15) is 39.5 Å². The van der Waals surface area contributed by atoms with Crippen LogP contribution in [0.15, 0.2) is 29.4 Å². The van der Waals surface area contributed by atoms with E-state index in [1.807, 2.05) is 31.2 Å². The number of benzene rings is 1. The lowest BCUT2D eigenvalue weighted by Gasteiger charge is -2.18. The van der Waals surface area contributed by atoms with Gasteiger partial charge in [0.1, 0.15) is 5.75 Å². The maximum atomic E-state index is 11.8. The van der Waals surface area contributed by atoms with Crippen LogP contribution in [0, 0.1) is 5.92 Å². The van der Waals surface area contributed by atoms with Crippen LogP contribution in [0.2, 0.25) is 0 Å². The van der Waals surface area contributed by atoms with Gasteiger partial charge in [-0.05, 0) is 62.8 Å². The number of hydrogen-bond acceptors (Lipinski definition) is 4. The van der Waals surface area contributed by atoms with Gasteiger partial charge >= 0.3 is 0 Å². The largest absolute Gasteiger partial charge is 0.494 e. The van der Waals surface area contributed by atoms with Crippen molar-refractivity contribution in [1.82, 2.24) is 5.43 Å². The molecule has 1 aromatic carbocycles. The zero-order valence-electron chi connectivity index (χ0n) is 13.4. The number of amides is 1. The van der Waals surface area contributed by atoms with Gasteiger partial charge in [0.25, 0.3) is 5.91 Å². The summed E-state index contributed by atoms with van der Waals surface area (Å²) in [5.41, 5.74) is 4.63. The van der Waals surface area contributed by atoms with Crippen LogP contribution in [0.25, 0.3) is 0 Å². The smallest absolute Gasteiger partial charge is 0.259 e. The molecule has 1 amide bonds. The van der Waals surface area contributed by atoms with E-state index in [2.05, 4.69) is 22.8 Å². The first-order valence-electron chi connectivity index (χ1n) is 7.98. The van der Waals surface area contributed by atoms with E-state index in [1.165, 1.54) is 12.8 Å². The molecule has 2 N–H and O–H groups in total. The van der Waals surface area contributed by atoms with Crippen molar-refractivity contribution in [3.05, 3.63) is 24.3 Å². The Morgan fingerprint density at radius 1 is 1.36 bits per heavy atom. The molecule has 0 aromatic heterocycles. The van der Waals surface area contributed by atoms with Crippen molar-refractivity contribution in [2.45, 2.75) is 39.5 Å². The van der Waals surface area contributed by atoms with Crippen molar-refractivity contribution in [2.75, 3.05) is 18.5 Å². The van der Waals surface area contributed by atoms with E-state index in [0.29, 0.717) is 12.5 Å². The Labute approximate surface area is 132 Å². The lowest BCUT2D eigenvalue weighted by molar-refractivity contribution is -0.119. The van der Waals surface area contributed by atoms with Gasteiger partial charge < -0.3 is 10.1 Å². The number of hydrazone groups is 1. The number of ether oxygens (including phenoxy) is 1.